The van der Waals surface area contributed by atoms with Crippen LogP contribution in [-0.4, -0.2) is 37.0 Å². The summed E-state index contributed by atoms with van der Waals surface area (Å²) in [6.07, 6.45) is 1.06. The van der Waals surface area contributed by atoms with Crippen LogP contribution in [0.15, 0.2) is 24.3 Å². The highest BCUT2D eigenvalue weighted by Crippen LogP contribution is 2.28. The van der Waals surface area contributed by atoms with Crippen molar-refractivity contribution in [3.63, 3.8) is 0 Å². The second-order valence-corrected chi connectivity index (χ2v) is 6.75. The Bertz CT molecular complexity index is 491. The monoisotopic (exact) mass is 309 g/mol. The van der Waals surface area contributed by atoms with Crippen LogP contribution in [-0.2, 0) is 4.79 Å². The fourth-order valence-electron chi connectivity index (χ4n) is 2.75. The van der Waals surface area contributed by atoms with E-state index in [0.29, 0.717) is 18.1 Å². The molecule has 1 aliphatic rings. The quantitative estimate of drug-likeness (QED) is 0.876. The molecule has 4 nitrogen and oxygen atoms in total. The molecule has 2 unspecified atom stereocenters. The summed E-state index contributed by atoms with van der Waals surface area (Å²) in [6.45, 7) is 7.11. The minimum Gasteiger partial charge on any atom is -0.348 e. The van der Waals surface area contributed by atoms with Crippen LogP contribution in [0.1, 0.15) is 31.9 Å². The number of nitrogens with one attached hydrogen (secondary N) is 1. The highest BCUT2D eigenvalue weighted by Gasteiger charge is 2.33. The van der Waals surface area contributed by atoms with Gasteiger partial charge < -0.3 is 11.1 Å². The molecule has 0 aromatic heterocycles. The molecule has 0 aliphatic carbocycles. The van der Waals surface area contributed by atoms with E-state index in [9.17, 15) is 4.79 Å². The first-order valence-electron chi connectivity index (χ1n) is 7.39. The largest absolute Gasteiger partial charge is 0.348 e. The lowest BCUT2D eigenvalue weighted by atomic mass is 9.90. The van der Waals surface area contributed by atoms with E-state index in [1.54, 1.807) is 0 Å². The Hall–Kier alpha value is -1.10. The highest BCUT2D eigenvalue weighted by molar-refractivity contribution is 6.30. The van der Waals surface area contributed by atoms with Crippen molar-refractivity contribution in [1.29, 1.82) is 0 Å². The zero-order chi connectivity index (χ0) is 15.5. The lowest BCUT2D eigenvalue weighted by Crippen LogP contribution is -2.39. The van der Waals surface area contributed by atoms with Gasteiger partial charge in [-0.25, -0.2) is 0 Å². The Balaban J connectivity index is 1.83. The topological polar surface area (TPSA) is 58.4 Å². The molecule has 5 heteroatoms. The number of hydrogen-bond donors (Lipinski definition) is 2. The number of benzene rings is 1. The zero-order valence-corrected chi connectivity index (χ0v) is 13.5. The van der Waals surface area contributed by atoms with Crippen LogP contribution < -0.4 is 11.1 Å². The lowest BCUT2D eigenvalue weighted by Gasteiger charge is -2.23. The summed E-state index contributed by atoms with van der Waals surface area (Å²) >= 11 is 5.87. The Kier molecular flexibility index (Phi) is 5.25. The molecule has 1 aromatic carbocycles. The number of likely N-dealkylation sites (tertiary alicyclic amines) is 1. The normalized spacial score (nSPS) is 24.0. The van der Waals surface area contributed by atoms with Crippen LogP contribution in [0.5, 0.6) is 0 Å². The first kappa shape index (κ1) is 16.3. The number of carbonyl (C=O) groups excluding carboxylic acids is 1. The first-order valence-corrected chi connectivity index (χ1v) is 7.77. The third-order valence-corrected chi connectivity index (χ3v) is 4.50. The van der Waals surface area contributed by atoms with E-state index in [4.69, 9.17) is 17.3 Å². The maximum atomic E-state index is 12.1. The summed E-state index contributed by atoms with van der Waals surface area (Å²) in [6, 6.07) is 7.54. The minimum absolute atomic E-state index is 0.0155. The van der Waals surface area contributed by atoms with Gasteiger partial charge in [-0.05, 0) is 49.5 Å². The van der Waals surface area contributed by atoms with E-state index in [1.807, 2.05) is 31.2 Å². The van der Waals surface area contributed by atoms with Crippen LogP contribution in [0.2, 0.25) is 5.02 Å². The SMILES string of the molecule is CC(NC(=O)CN1CCC(C)(CN)C1)c1ccc(Cl)cc1. The van der Waals surface area contributed by atoms with Crippen molar-refractivity contribution in [2.75, 3.05) is 26.2 Å². The standard InChI is InChI=1S/C16H24ClN3O/c1-12(13-3-5-14(17)6-4-13)19-15(21)9-20-8-7-16(2,10-18)11-20/h3-6,12H,7-11,18H2,1-2H3,(H,19,21). The molecule has 1 heterocycles. The molecule has 1 aromatic rings. The van der Waals surface area contributed by atoms with E-state index in [0.717, 1.165) is 25.1 Å². The molecule has 116 valence electrons. The maximum absolute atomic E-state index is 12.1. The Morgan fingerprint density at radius 2 is 2.14 bits per heavy atom. The van der Waals surface area contributed by atoms with Gasteiger partial charge in [0, 0.05) is 11.6 Å². The number of rotatable bonds is 5. The van der Waals surface area contributed by atoms with Gasteiger partial charge in [0.15, 0.2) is 0 Å². The summed E-state index contributed by atoms with van der Waals surface area (Å²) < 4.78 is 0. The van der Waals surface area contributed by atoms with Crippen molar-refractivity contribution in [2.45, 2.75) is 26.3 Å². The van der Waals surface area contributed by atoms with Gasteiger partial charge in [-0.3, -0.25) is 9.69 Å². The molecule has 0 radical (unpaired) electrons. The molecule has 2 rings (SSSR count). The van der Waals surface area contributed by atoms with E-state index < -0.39 is 0 Å². The molecule has 1 fully saturated rings. The predicted octanol–water partition coefficient (Wildman–Crippen LogP) is 2.19. The Morgan fingerprint density at radius 3 is 2.71 bits per heavy atom. The second-order valence-electron chi connectivity index (χ2n) is 6.32. The van der Waals surface area contributed by atoms with Gasteiger partial charge in [0.25, 0.3) is 0 Å². The van der Waals surface area contributed by atoms with Crippen molar-refractivity contribution < 1.29 is 4.79 Å². The van der Waals surface area contributed by atoms with Crippen LogP contribution in [0.3, 0.4) is 0 Å². The zero-order valence-electron chi connectivity index (χ0n) is 12.7. The number of nitrogens with two attached hydrogens (primary N) is 1. The molecular formula is C16H24ClN3O. The molecule has 1 amide bonds. The van der Waals surface area contributed by atoms with E-state index in [2.05, 4.69) is 17.1 Å². The average Bonchev–Trinajstić information content (AvgIpc) is 2.81. The van der Waals surface area contributed by atoms with E-state index in [-0.39, 0.29) is 17.4 Å². The fourth-order valence-corrected chi connectivity index (χ4v) is 2.88. The van der Waals surface area contributed by atoms with Crippen molar-refractivity contribution >= 4 is 17.5 Å². The number of carbonyl (C=O) groups is 1. The molecule has 0 spiro atoms. The van der Waals surface area contributed by atoms with E-state index in [1.165, 1.54) is 0 Å². The van der Waals surface area contributed by atoms with Crippen molar-refractivity contribution in [1.82, 2.24) is 10.2 Å². The summed E-state index contributed by atoms with van der Waals surface area (Å²) in [5, 5.41) is 3.74. The molecule has 3 N–H and O–H groups in total. The summed E-state index contributed by atoms with van der Waals surface area (Å²) in [4.78, 5) is 14.3. The van der Waals surface area contributed by atoms with Gasteiger partial charge >= 0.3 is 0 Å². The Morgan fingerprint density at radius 1 is 1.48 bits per heavy atom. The van der Waals surface area contributed by atoms with Crippen molar-refractivity contribution in [2.24, 2.45) is 11.1 Å². The Labute approximate surface area is 131 Å². The fraction of sp³-hybridized carbons (Fsp3) is 0.562. The minimum atomic E-state index is -0.0155. The van der Waals surface area contributed by atoms with Gasteiger partial charge in [-0.15, -0.1) is 0 Å². The van der Waals surface area contributed by atoms with Gasteiger partial charge in [0.2, 0.25) is 5.91 Å². The van der Waals surface area contributed by atoms with Crippen molar-refractivity contribution in [3.8, 4) is 0 Å². The van der Waals surface area contributed by atoms with Gasteiger partial charge in [0.05, 0.1) is 12.6 Å². The number of nitrogens with zero attached hydrogens (tertiary/aromatic N) is 1. The van der Waals surface area contributed by atoms with Gasteiger partial charge in [-0.2, -0.15) is 0 Å². The third kappa shape index (κ3) is 4.43. The average molecular weight is 310 g/mol. The third-order valence-electron chi connectivity index (χ3n) is 4.24. The number of halogens is 1. The number of hydrogen-bond acceptors (Lipinski definition) is 3. The van der Waals surface area contributed by atoms with Crippen LogP contribution in [0.4, 0.5) is 0 Å². The second kappa shape index (κ2) is 6.77. The van der Waals surface area contributed by atoms with Crippen LogP contribution in [0.25, 0.3) is 0 Å². The number of amides is 1. The lowest BCUT2D eigenvalue weighted by molar-refractivity contribution is -0.122. The molecular weight excluding hydrogens is 286 g/mol. The molecule has 1 saturated heterocycles. The molecule has 2 atom stereocenters. The van der Waals surface area contributed by atoms with E-state index >= 15 is 0 Å². The predicted molar refractivity (Wildman–Crippen MR) is 86.2 cm³/mol. The smallest absolute Gasteiger partial charge is 0.234 e. The van der Waals surface area contributed by atoms with Crippen LogP contribution in [0, 0.1) is 5.41 Å². The molecule has 1 aliphatic heterocycles. The maximum Gasteiger partial charge on any atom is 0.234 e. The van der Waals surface area contributed by atoms with Crippen molar-refractivity contribution in [3.05, 3.63) is 34.9 Å². The molecule has 0 bridgehead atoms. The molecule has 21 heavy (non-hydrogen) atoms. The van der Waals surface area contributed by atoms with Gasteiger partial charge in [-0.1, -0.05) is 30.7 Å². The molecule has 0 saturated carbocycles. The highest BCUT2D eigenvalue weighted by atomic mass is 35.5. The first-order chi connectivity index (χ1) is 9.92. The summed E-state index contributed by atoms with van der Waals surface area (Å²) in [7, 11) is 0. The van der Waals surface area contributed by atoms with Gasteiger partial charge in [0.1, 0.15) is 0 Å². The summed E-state index contributed by atoms with van der Waals surface area (Å²) in [5.41, 5.74) is 7.00. The summed E-state index contributed by atoms with van der Waals surface area (Å²) in [5.74, 6) is 0.0544. The van der Waals surface area contributed by atoms with Crippen LogP contribution >= 0.6 is 11.6 Å².